The third-order valence-electron chi connectivity index (χ3n) is 5.17. The van der Waals surface area contributed by atoms with Gasteiger partial charge in [-0.15, -0.1) is 0 Å². The van der Waals surface area contributed by atoms with Gasteiger partial charge in [-0.3, -0.25) is 0 Å². The van der Waals surface area contributed by atoms with Crippen molar-refractivity contribution in [2.75, 3.05) is 18.0 Å². The topological polar surface area (TPSA) is 46.3 Å². The van der Waals surface area contributed by atoms with Crippen LogP contribution in [0.3, 0.4) is 0 Å². The third-order valence-corrected chi connectivity index (χ3v) is 5.17. The molecule has 4 aromatic rings. The van der Waals surface area contributed by atoms with Crippen molar-refractivity contribution in [3.05, 3.63) is 53.6 Å². The molecule has 3 aromatic heterocycles. The molecule has 0 aliphatic rings. The van der Waals surface area contributed by atoms with E-state index in [2.05, 4.69) is 40.7 Å². The molecule has 0 atom stereocenters. The van der Waals surface area contributed by atoms with Crippen LogP contribution in [-0.2, 0) is 0 Å². The molecule has 5 nitrogen and oxygen atoms in total. The molecular formula is C24H28FN5. The first-order chi connectivity index (χ1) is 14.4. The van der Waals surface area contributed by atoms with Crippen molar-refractivity contribution in [2.24, 2.45) is 5.92 Å². The van der Waals surface area contributed by atoms with Gasteiger partial charge in [-0.2, -0.15) is 5.10 Å². The SMILES string of the molecule is CCCN(CC(C)C)c1cc(F)c2nc(-c3cc(C)c4nc(C)cn4n3)ccc2c1. The zero-order valence-corrected chi connectivity index (χ0v) is 18.3. The fourth-order valence-corrected chi connectivity index (χ4v) is 3.91. The molecule has 6 heteroatoms. The van der Waals surface area contributed by atoms with Crippen molar-refractivity contribution in [1.82, 2.24) is 19.6 Å². The molecule has 0 saturated carbocycles. The van der Waals surface area contributed by atoms with Crippen molar-refractivity contribution < 1.29 is 4.39 Å². The molecule has 0 amide bonds. The fourth-order valence-electron chi connectivity index (χ4n) is 3.91. The Morgan fingerprint density at radius 3 is 2.60 bits per heavy atom. The summed E-state index contributed by atoms with van der Waals surface area (Å²) in [5, 5.41) is 5.43. The maximum absolute atomic E-state index is 15.1. The van der Waals surface area contributed by atoms with Crippen molar-refractivity contribution in [2.45, 2.75) is 41.0 Å². The Hall–Kier alpha value is -3.02. The maximum atomic E-state index is 15.1. The molecule has 0 N–H and O–H groups in total. The average molecular weight is 406 g/mol. The van der Waals surface area contributed by atoms with E-state index in [9.17, 15) is 0 Å². The Morgan fingerprint density at radius 1 is 1.07 bits per heavy atom. The average Bonchev–Trinajstić information content (AvgIpc) is 3.08. The highest BCUT2D eigenvalue weighted by Gasteiger charge is 2.14. The van der Waals surface area contributed by atoms with Gasteiger partial charge >= 0.3 is 0 Å². The van der Waals surface area contributed by atoms with Gasteiger partial charge in [0.25, 0.3) is 0 Å². The van der Waals surface area contributed by atoms with Gasteiger partial charge < -0.3 is 4.90 Å². The minimum absolute atomic E-state index is 0.300. The minimum atomic E-state index is -0.300. The number of halogens is 1. The molecule has 0 radical (unpaired) electrons. The van der Waals surface area contributed by atoms with Crippen molar-refractivity contribution in [3.8, 4) is 11.4 Å². The van der Waals surface area contributed by atoms with Crippen LogP contribution in [0.5, 0.6) is 0 Å². The van der Waals surface area contributed by atoms with Gasteiger partial charge in [0, 0.05) is 24.2 Å². The monoisotopic (exact) mass is 405 g/mol. The Morgan fingerprint density at radius 2 is 1.87 bits per heavy atom. The van der Waals surface area contributed by atoms with Crippen molar-refractivity contribution >= 4 is 22.2 Å². The van der Waals surface area contributed by atoms with E-state index in [1.165, 1.54) is 0 Å². The molecule has 0 unspecified atom stereocenters. The highest BCUT2D eigenvalue weighted by atomic mass is 19.1. The number of hydrogen-bond acceptors (Lipinski definition) is 4. The van der Waals surface area contributed by atoms with E-state index in [1.807, 2.05) is 44.3 Å². The van der Waals surface area contributed by atoms with Gasteiger partial charge in [0.1, 0.15) is 11.2 Å². The summed E-state index contributed by atoms with van der Waals surface area (Å²) in [7, 11) is 0. The second-order valence-corrected chi connectivity index (χ2v) is 8.40. The van der Waals surface area contributed by atoms with Crippen LogP contribution in [0.15, 0.2) is 36.5 Å². The number of aryl methyl sites for hydroxylation is 2. The summed E-state index contributed by atoms with van der Waals surface area (Å²) in [4.78, 5) is 11.4. The largest absolute Gasteiger partial charge is 0.371 e. The summed E-state index contributed by atoms with van der Waals surface area (Å²) in [6.07, 6.45) is 2.90. The van der Waals surface area contributed by atoms with Gasteiger partial charge in [-0.25, -0.2) is 18.9 Å². The van der Waals surface area contributed by atoms with E-state index in [4.69, 9.17) is 0 Å². The number of benzene rings is 1. The van der Waals surface area contributed by atoms with Gasteiger partial charge in [0.05, 0.1) is 17.6 Å². The predicted octanol–water partition coefficient (Wildman–Crippen LogP) is 5.57. The van der Waals surface area contributed by atoms with Crippen LogP contribution < -0.4 is 4.90 Å². The number of pyridine rings is 1. The predicted molar refractivity (Wildman–Crippen MR) is 120 cm³/mol. The maximum Gasteiger partial charge on any atom is 0.156 e. The lowest BCUT2D eigenvalue weighted by Crippen LogP contribution is -2.28. The highest BCUT2D eigenvalue weighted by Crippen LogP contribution is 2.28. The number of rotatable bonds is 6. The first-order valence-corrected chi connectivity index (χ1v) is 10.5. The van der Waals surface area contributed by atoms with Gasteiger partial charge in [-0.1, -0.05) is 26.8 Å². The number of aromatic nitrogens is 4. The molecule has 156 valence electrons. The minimum Gasteiger partial charge on any atom is -0.371 e. The van der Waals surface area contributed by atoms with E-state index in [0.29, 0.717) is 22.8 Å². The quantitative estimate of drug-likeness (QED) is 0.420. The molecule has 1 aromatic carbocycles. The highest BCUT2D eigenvalue weighted by molar-refractivity contribution is 5.85. The van der Waals surface area contributed by atoms with E-state index >= 15 is 4.39 Å². The van der Waals surface area contributed by atoms with Crippen LogP contribution in [0.2, 0.25) is 0 Å². The van der Waals surface area contributed by atoms with E-state index in [1.54, 1.807) is 10.6 Å². The molecule has 0 aliphatic heterocycles. The molecule has 30 heavy (non-hydrogen) atoms. The number of hydrogen-bond donors (Lipinski definition) is 0. The van der Waals surface area contributed by atoms with Crippen LogP contribution in [0.1, 0.15) is 38.4 Å². The van der Waals surface area contributed by atoms with E-state index in [-0.39, 0.29) is 5.82 Å². The van der Waals surface area contributed by atoms with Crippen LogP contribution in [0.4, 0.5) is 10.1 Å². The summed E-state index contributed by atoms with van der Waals surface area (Å²) >= 11 is 0. The lowest BCUT2D eigenvalue weighted by molar-refractivity contribution is 0.601. The smallest absolute Gasteiger partial charge is 0.156 e. The Bertz CT molecular complexity index is 1210. The lowest BCUT2D eigenvalue weighted by Gasteiger charge is -2.26. The van der Waals surface area contributed by atoms with Gasteiger partial charge in [0.2, 0.25) is 0 Å². The Labute approximate surface area is 176 Å². The van der Waals surface area contributed by atoms with Crippen LogP contribution in [0.25, 0.3) is 27.9 Å². The van der Waals surface area contributed by atoms with Crippen LogP contribution in [-0.4, -0.2) is 32.7 Å². The van der Waals surface area contributed by atoms with Gasteiger partial charge in [0.15, 0.2) is 11.5 Å². The second kappa shape index (κ2) is 8.01. The normalized spacial score (nSPS) is 11.7. The molecule has 0 bridgehead atoms. The van der Waals surface area contributed by atoms with Crippen LogP contribution >= 0.6 is 0 Å². The number of anilines is 1. The molecule has 0 spiro atoms. The Kier molecular flexibility index (Phi) is 5.41. The van der Waals surface area contributed by atoms with Crippen molar-refractivity contribution in [3.63, 3.8) is 0 Å². The number of nitrogens with zero attached hydrogens (tertiary/aromatic N) is 5. The summed E-state index contributed by atoms with van der Waals surface area (Å²) in [5.41, 5.74) is 5.39. The number of fused-ring (bicyclic) bond motifs is 2. The Balaban J connectivity index is 1.77. The third kappa shape index (κ3) is 3.86. The van der Waals surface area contributed by atoms with E-state index < -0.39 is 0 Å². The molecule has 3 heterocycles. The molecular weight excluding hydrogens is 377 g/mol. The van der Waals surface area contributed by atoms with Crippen LogP contribution in [0, 0.1) is 25.6 Å². The first kappa shape index (κ1) is 20.3. The van der Waals surface area contributed by atoms with E-state index in [0.717, 1.165) is 47.5 Å². The summed E-state index contributed by atoms with van der Waals surface area (Å²) in [5.74, 6) is 0.206. The standard InChI is InChI=1S/C24H28FN5/c1-6-9-29(13-15(2)3)19-11-18-7-8-21(27-23(18)20(25)12-19)22-10-16(4)24-26-17(5)14-30(24)28-22/h7-8,10-12,14-15H,6,9,13H2,1-5H3. The molecule has 4 rings (SSSR count). The van der Waals surface area contributed by atoms with Gasteiger partial charge in [-0.05, 0) is 56.0 Å². The number of imidazole rings is 1. The zero-order valence-electron chi connectivity index (χ0n) is 18.3. The lowest BCUT2D eigenvalue weighted by atomic mass is 10.1. The van der Waals surface area contributed by atoms with Crippen molar-refractivity contribution in [1.29, 1.82) is 0 Å². The first-order valence-electron chi connectivity index (χ1n) is 10.5. The summed E-state index contributed by atoms with van der Waals surface area (Å²) in [6.45, 7) is 12.3. The fraction of sp³-hybridized carbons (Fsp3) is 0.375. The second-order valence-electron chi connectivity index (χ2n) is 8.40. The molecule has 0 aliphatic carbocycles. The molecule has 0 saturated heterocycles. The summed E-state index contributed by atoms with van der Waals surface area (Å²) in [6, 6.07) is 9.44. The molecule has 0 fully saturated rings. The summed E-state index contributed by atoms with van der Waals surface area (Å²) < 4.78 is 16.9. The zero-order chi connectivity index (χ0) is 21.4.